The Bertz CT molecular complexity index is 9.65. The third-order valence-corrected chi connectivity index (χ3v) is 0. The Balaban J connectivity index is 0. The molecule has 0 aliphatic heterocycles. The molecule has 0 bridgehead atoms. The molecular weight excluding hydrogens is 288 g/mol. The minimum Gasteiger partial charge on any atom is -2.00 e. The Hall–Kier alpha value is 1.80. The van der Waals surface area contributed by atoms with E-state index in [-0.39, 0.29) is 83.3 Å². The molecule has 42 valence electrons. The molecule has 4 nitrogen and oxygen atoms in total. The second-order valence-corrected chi connectivity index (χ2v) is 0. The minimum absolute atomic E-state index is 0. The van der Waals surface area contributed by atoms with E-state index in [1.807, 2.05) is 0 Å². The fourth-order valence-electron chi connectivity index (χ4n) is 0. The van der Waals surface area contributed by atoms with E-state index in [0.717, 1.165) is 0 Å². The zero-order valence-corrected chi connectivity index (χ0v) is 9.29. The van der Waals surface area contributed by atoms with Gasteiger partial charge in [0.2, 0.25) is 0 Å². The first-order chi connectivity index (χ1) is 0. The van der Waals surface area contributed by atoms with Gasteiger partial charge < -0.3 is 21.9 Å². The van der Waals surface area contributed by atoms with Crippen molar-refractivity contribution in [1.82, 2.24) is 0 Å². The maximum atomic E-state index is 0. The maximum absolute atomic E-state index is 0. The fraction of sp³-hybridized carbons (Fsp3) is 0. The van der Waals surface area contributed by atoms with Crippen LogP contribution in [0.5, 0.6) is 0 Å². The Morgan fingerprint density at radius 1 is 0.429 bits per heavy atom. The van der Waals surface area contributed by atoms with Crippen LogP contribution in [-0.2, 0) is 83.3 Å². The van der Waals surface area contributed by atoms with Crippen molar-refractivity contribution in [2.24, 2.45) is 0 Å². The van der Waals surface area contributed by atoms with E-state index in [1.165, 1.54) is 0 Å². The van der Waals surface area contributed by atoms with Gasteiger partial charge in [0.15, 0.2) is 0 Å². The average Bonchev–Trinajstić information content (AvgIpc) is 0. The molecule has 2 radical (unpaired) electrons. The average molecular weight is 288 g/mol. The largest absolute Gasteiger partial charge is 3.00 e. The first kappa shape index (κ1) is 165. The summed E-state index contributed by atoms with van der Waals surface area (Å²) in [6, 6.07) is 0. The standard InChI is InChI=1S/Cd.2Fe.4O/q+2;2*+3;4*-2. The van der Waals surface area contributed by atoms with Crippen molar-refractivity contribution in [3.8, 4) is 0 Å². The molecule has 0 aromatic carbocycles. The summed E-state index contributed by atoms with van der Waals surface area (Å²) < 4.78 is 0. The van der Waals surface area contributed by atoms with Gasteiger partial charge in [-0.05, 0) is 0 Å². The van der Waals surface area contributed by atoms with Gasteiger partial charge in [0.25, 0.3) is 0 Å². The van der Waals surface area contributed by atoms with Gasteiger partial charge in [-0.3, -0.25) is 0 Å². The van der Waals surface area contributed by atoms with Gasteiger partial charge in [0, 0.05) is 0 Å². The van der Waals surface area contributed by atoms with Gasteiger partial charge in [-0.1, -0.05) is 0 Å². The molecule has 7 heteroatoms. The first-order valence-electron chi connectivity index (χ1n) is 0. The Kier molecular flexibility index (Phi) is 2620. The maximum Gasteiger partial charge on any atom is 3.00 e. The molecular formula is CdFe2O4. The van der Waals surface area contributed by atoms with Crippen LogP contribution in [0.2, 0.25) is 0 Å². The number of hydrogen-bond acceptors (Lipinski definition) is 0. The van der Waals surface area contributed by atoms with Crippen molar-refractivity contribution in [1.29, 1.82) is 0 Å². The van der Waals surface area contributed by atoms with Crippen molar-refractivity contribution in [3.05, 3.63) is 0 Å². The van der Waals surface area contributed by atoms with Gasteiger partial charge in [0.05, 0.1) is 0 Å². The van der Waals surface area contributed by atoms with Crippen molar-refractivity contribution in [2.75, 3.05) is 0 Å². The Labute approximate surface area is 82.8 Å². The molecule has 0 N–H and O–H groups in total. The van der Waals surface area contributed by atoms with Gasteiger partial charge in [-0.25, -0.2) is 0 Å². The molecule has 7 heavy (non-hydrogen) atoms. The molecule has 0 aromatic rings. The van der Waals surface area contributed by atoms with E-state index >= 15 is 0 Å². The molecule has 0 aromatic heterocycles. The Morgan fingerprint density at radius 2 is 0.429 bits per heavy atom. The number of hydrogen-bond donors (Lipinski definition) is 0. The van der Waals surface area contributed by atoms with E-state index in [2.05, 4.69) is 0 Å². The van der Waals surface area contributed by atoms with Crippen molar-refractivity contribution in [3.63, 3.8) is 0 Å². The van der Waals surface area contributed by atoms with Crippen LogP contribution in [-0.4, -0.2) is 0 Å². The van der Waals surface area contributed by atoms with Crippen LogP contribution in [0.25, 0.3) is 0 Å². The molecule has 0 aliphatic carbocycles. The first-order valence-corrected chi connectivity index (χ1v) is 0. The van der Waals surface area contributed by atoms with E-state index in [4.69, 9.17) is 0 Å². The molecule has 0 aliphatic rings. The van der Waals surface area contributed by atoms with Crippen LogP contribution < -0.4 is 0 Å². The third-order valence-electron chi connectivity index (χ3n) is 0. The monoisotopic (exact) mass is 290 g/mol. The molecule has 0 amide bonds. The molecule has 0 fully saturated rings. The van der Waals surface area contributed by atoms with Gasteiger partial charge >= 0.3 is 61.4 Å². The summed E-state index contributed by atoms with van der Waals surface area (Å²) >= 11 is 0. The summed E-state index contributed by atoms with van der Waals surface area (Å²) in [5, 5.41) is 0. The smallest absolute Gasteiger partial charge is 2.00 e. The van der Waals surface area contributed by atoms with Crippen LogP contribution in [0.3, 0.4) is 0 Å². The SMILES string of the molecule is [Cd+2].[Fe+3].[Fe+3].[O-2].[O-2].[O-2].[O-2]. The molecule has 0 atom stereocenters. The Morgan fingerprint density at radius 3 is 0.429 bits per heavy atom. The van der Waals surface area contributed by atoms with Crippen molar-refractivity contribution in [2.45, 2.75) is 0 Å². The van der Waals surface area contributed by atoms with Crippen LogP contribution >= 0.6 is 0 Å². The predicted molar refractivity (Wildman–Crippen MR) is 2.75 cm³/mol. The van der Waals surface area contributed by atoms with E-state index in [9.17, 15) is 0 Å². The number of rotatable bonds is 0. The molecule has 0 rings (SSSR count). The van der Waals surface area contributed by atoms with E-state index < -0.39 is 0 Å². The summed E-state index contributed by atoms with van der Waals surface area (Å²) in [5.74, 6) is 0. The normalized spacial score (nSPS) is 0. The van der Waals surface area contributed by atoms with E-state index in [1.54, 1.807) is 0 Å². The van der Waals surface area contributed by atoms with Crippen molar-refractivity contribution < 1.29 is 83.3 Å². The summed E-state index contributed by atoms with van der Waals surface area (Å²) in [4.78, 5) is 0. The van der Waals surface area contributed by atoms with Gasteiger partial charge in [-0.15, -0.1) is 0 Å². The van der Waals surface area contributed by atoms with Gasteiger partial charge in [-0.2, -0.15) is 0 Å². The molecule has 0 spiro atoms. The van der Waals surface area contributed by atoms with Crippen LogP contribution in [0.4, 0.5) is 0 Å². The summed E-state index contributed by atoms with van der Waals surface area (Å²) in [6.45, 7) is 0. The fourth-order valence-corrected chi connectivity index (χ4v) is 0. The van der Waals surface area contributed by atoms with Crippen LogP contribution in [0, 0.1) is 0 Å². The van der Waals surface area contributed by atoms with Crippen molar-refractivity contribution >= 4 is 0 Å². The zero-order chi connectivity index (χ0) is 0. The van der Waals surface area contributed by atoms with Gasteiger partial charge in [0.1, 0.15) is 0 Å². The molecule has 0 saturated carbocycles. The second-order valence-electron chi connectivity index (χ2n) is 0. The predicted octanol–water partition coefficient (Wildman–Crippen LogP) is -0.483. The topological polar surface area (TPSA) is 114 Å². The third kappa shape index (κ3) is 80.9. The van der Waals surface area contributed by atoms with E-state index in [0.29, 0.717) is 0 Å². The minimum atomic E-state index is 0. The summed E-state index contributed by atoms with van der Waals surface area (Å²) in [6.07, 6.45) is 0. The summed E-state index contributed by atoms with van der Waals surface area (Å²) in [5.41, 5.74) is 0. The molecule has 0 unspecified atom stereocenters. The van der Waals surface area contributed by atoms with Crippen LogP contribution in [0.1, 0.15) is 0 Å². The summed E-state index contributed by atoms with van der Waals surface area (Å²) in [7, 11) is 0. The molecule has 0 saturated heterocycles. The molecule has 0 heterocycles. The zero-order valence-electron chi connectivity index (χ0n) is 3.05. The van der Waals surface area contributed by atoms with Crippen LogP contribution in [0.15, 0.2) is 0 Å². The second kappa shape index (κ2) is 111. The quantitative estimate of drug-likeness (QED) is 0.536.